The number of esters is 1. The van der Waals surface area contributed by atoms with Crippen LogP contribution in [0, 0.1) is 4.51 Å². The first kappa shape index (κ1) is 30.6. The Morgan fingerprint density at radius 1 is 0.976 bits per heavy atom. The molecule has 216 valence electrons. The molecule has 1 unspecified atom stereocenters. The number of fused-ring (bicyclic) bond motifs is 1. The van der Waals surface area contributed by atoms with Gasteiger partial charge < -0.3 is 14.0 Å². The maximum absolute atomic E-state index is 13.5. The molecule has 0 spiro atoms. The number of para-hydroxylation sites is 1. The third-order valence-corrected chi connectivity index (χ3v) is 9.48. The van der Waals surface area contributed by atoms with Crippen molar-refractivity contribution in [2.45, 2.75) is 50.3 Å². The minimum atomic E-state index is -4.00. The number of sulfonamides is 1. The number of aromatic nitrogens is 1. The molecule has 0 radical (unpaired) electrons. The Morgan fingerprint density at radius 3 is 2.34 bits per heavy atom. The van der Waals surface area contributed by atoms with E-state index in [2.05, 4.69) is 29.8 Å². The zero-order valence-corrected chi connectivity index (χ0v) is 25.3. The largest absolute Gasteiger partial charge is 0.468 e. The lowest BCUT2D eigenvalue weighted by Crippen LogP contribution is -2.45. The number of benzene rings is 3. The van der Waals surface area contributed by atoms with Gasteiger partial charge in [0.1, 0.15) is 6.04 Å². The van der Waals surface area contributed by atoms with Crippen molar-refractivity contribution in [1.82, 2.24) is 8.87 Å². The number of carbonyl (C=O) groups is 1. The Hall–Kier alpha value is -3.37. The fourth-order valence-corrected chi connectivity index (χ4v) is 6.32. The number of hydrogen-bond donors (Lipinski definition) is 0. The standard InChI is InChI=1S/C32H36N2O5S2/c1-4-5-13-26-21-34(29-15-10-9-14-28(29)31(26)40)20-24-16-18-27(19-17-24)41(36,37)33(2)30(32(35)38-3)23-39-22-25-11-7-6-8-12-25/h6-12,14-19,21,30H,4-5,13,20,22-23H2,1-3H3. The average Bonchev–Trinajstić information content (AvgIpc) is 3.00. The first-order chi connectivity index (χ1) is 19.8. The molecule has 0 saturated heterocycles. The van der Waals surface area contributed by atoms with Gasteiger partial charge in [-0.15, -0.1) is 0 Å². The average molecular weight is 593 g/mol. The van der Waals surface area contributed by atoms with Gasteiger partial charge in [-0.25, -0.2) is 8.42 Å². The monoisotopic (exact) mass is 592 g/mol. The van der Waals surface area contributed by atoms with Crippen LogP contribution in [-0.2, 0) is 43.9 Å². The Morgan fingerprint density at radius 2 is 1.66 bits per heavy atom. The molecule has 41 heavy (non-hydrogen) atoms. The first-order valence-corrected chi connectivity index (χ1v) is 15.5. The molecule has 1 heterocycles. The molecule has 4 aromatic rings. The number of hydrogen-bond acceptors (Lipinski definition) is 6. The van der Waals surface area contributed by atoms with Crippen molar-refractivity contribution in [3.8, 4) is 0 Å². The van der Waals surface area contributed by atoms with Gasteiger partial charge >= 0.3 is 5.97 Å². The Labute approximate surface area is 247 Å². The van der Waals surface area contributed by atoms with E-state index in [0.29, 0.717) is 6.54 Å². The SMILES string of the molecule is CCCCc1cn(Cc2ccc(S(=O)(=O)N(C)C(COCc3ccccc3)C(=O)OC)cc2)c2ccccc2c1=S. The van der Waals surface area contributed by atoms with E-state index in [9.17, 15) is 13.2 Å². The fourth-order valence-electron chi connectivity index (χ4n) is 4.70. The zero-order valence-electron chi connectivity index (χ0n) is 23.7. The lowest BCUT2D eigenvalue weighted by molar-refractivity contribution is -0.147. The van der Waals surface area contributed by atoms with Crippen molar-refractivity contribution in [2.75, 3.05) is 20.8 Å². The second-order valence-electron chi connectivity index (χ2n) is 9.94. The highest BCUT2D eigenvalue weighted by Gasteiger charge is 2.34. The minimum absolute atomic E-state index is 0.0834. The van der Waals surface area contributed by atoms with Gasteiger partial charge in [0.05, 0.1) is 29.7 Å². The number of carbonyl (C=O) groups excluding carboxylic acids is 1. The summed E-state index contributed by atoms with van der Waals surface area (Å²) in [6.45, 7) is 2.83. The van der Waals surface area contributed by atoms with Crippen LogP contribution in [0.1, 0.15) is 36.5 Å². The van der Waals surface area contributed by atoms with Crippen LogP contribution in [0.4, 0.5) is 0 Å². The summed E-state index contributed by atoms with van der Waals surface area (Å²) < 4.78 is 41.7. The molecule has 1 atom stereocenters. The quantitative estimate of drug-likeness (QED) is 0.137. The topological polar surface area (TPSA) is 77.8 Å². The van der Waals surface area contributed by atoms with Crippen LogP contribution in [0.2, 0.25) is 0 Å². The molecule has 0 aliphatic heterocycles. The molecule has 3 aromatic carbocycles. The van der Waals surface area contributed by atoms with Crippen LogP contribution in [0.5, 0.6) is 0 Å². The molecule has 4 rings (SSSR count). The van der Waals surface area contributed by atoms with Crippen LogP contribution in [0.15, 0.2) is 90.0 Å². The van der Waals surface area contributed by atoms with Crippen molar-refractivity contribution < 1.29 is 22.7 Å². The summed E-state index contributed by atoms with van der Waals surface area (Å²) in [4.78, 5) is 12.6. The Bertz CT molecular complexity index is 1630. The van der Waals surface area contributed by atoms with E-state index in [0.717, 1.165) is 55.7 Å². The lowest BCUT2D eigenvalue weighted by Gasteiger charge is -2.25. The third kappa shape index (κ3) is 7.29. The second kappa shape index (κ2) is 14.0. The molecule has 0 bridgehead atoms. The Kier molecular flexibility index (Phi) is 10.4. The molecule has 1 aromatic heterocycles. The normalized spacial score (nSPS) is 12.5. The van der Waals surface area contributed by atoms with E-state index in [4.69, 9.17) is 21.7 Å². The summed E-state index contributed by atoms with van der Waals surface area (Å²) in [6, 6.07) is 23.2. The van der Waals surface area contributed by atoms with Gasteiger partial charge in [0.15, 0.2) is 0 Å². The Balaban J connectivity index is 1.53. The lowest BCUT2D eigenvalue weighted by atomic mass is 10.1. The van der Waals surface area contributed by atoms with Gasteiger partial charge in [-0.3, -0.25) is 4.79 Å². The summed E-state index contributed by atoms with van der Waals surface area (Å²) in [6.07, 6.45) is 5.18. The van der Waals surface area contributed by atoms with Crippen LogP contribution in [-0.4, -0.2) is 50.1 Å². The molecule has 0 N–H and O–H groups in total. The zero-order chi connectivity index (χ0) is 29.4. The highest BCUT2D eigenvalue weighted by molar-refractivity contribution is 7.89. The summed E-state index contributed by atoms with van der Waals surface area (Å²) in [5.41, 5.74) is 4.04. The van der Waals surface area contributed by atoms with Crippen molar-refractivity contribution in [1.29, 1.82) is 0 Å². The van der Waals surface area contributed by atoms with E-state index in [1.54, 1.807) is 24.3 Å². The highest BCUT2D eigenvalue weighted by Crippen LogP contribution is 2.23. The maximum Gasteiger partial charge on any atom is 0.326 e. The van der Waals surface area contributed by atoms with Crippen molar-refractivity contribution >= 4 is 39.1 Å². The minimum Gasteiger partial charge on any atom is -0.468 e. The summed E-state index contributed by atoms with van der Waals surface area (Å²) in [5, 5.41) is 1.04. The number of unbranched alkanes of at least 4 members (excludes halogenated alkanes) is 1. The van der Waals surface area contributed by atoms with Gasteiger partial charge in [-0.1, -0.05) is 86.2 Å². The molecule has 9 heteroatoms. The van der Waals surface area contributed by atoms with Crippen LogP contribution < -0.4 is 0 Å². The smallest absolute Gasteiger partial charge is 0.326 e. The number of rotatable bonds is 13. The number of nitrogens with zero attached hydrogens (tertiary/aromatic N) is 2. The van der Waals surface area contributed by atoms with E-state index in [-0.39, 0.29) is 18.1 Å². The molecule has 0 aliphatic rings. The van der Waals surface area contributed by atoms with E-state index in [1.165, 1.54) is 14.2 Å². The first-order valence-electron chi connectivity index (χ1n) is 13.6. The van der Waals surface area contributed by atoms with Gasteiger partial charge in [0.25, 0.3) is 0 Å². The summed E-state index contributed by atoms with van der Waals surface area (Å²) in [7, 11) is -1.40. The number of pyridine rings is 1. The number of likely N-dealkylation sites (N-methyl/N-ethyl adjacent to an activating group) is 1. The maximum atomic E-state index is 13.5. The number of aryl methyl sites for hydroxylation is 1. The van der Waals surface area contributed by atoms with Crippen molar-refractivity contribution in [3.63, 3.8) is 0 Å². The fraction of sp³-hybridized carbons (Fsp3) is 0.312. The van der Waals surface area contributed by atoms with E-state index in [1.807, 2.05) is 42.5 Å². The van der Waals surface area contributed by atoms with Crippen LogP contribution in [0.25, 0.3) is 10.9 Å². The second-order valence-corrected chi connectivity index (χ2v) is 12.3. The summed E-state index contributed by atoms with van der Waals surface area (Å²) in [5.74, 6) is -0.687. The molecule has 0 aliphatic carbocycles. The highest BCUT2D eigenvalue weighted by atomic mass is 32.2. The molecule has 0 amide bonds. The van der Waals surface area contributed by atoms with E-state index >= 15 is 0 Å². The van der Waals surface area contributed by atoms with Crippen molar-refractivity contribution in [3.05, 3.63) is 106 Å². The predicted molar refractivity (Wildman–Crippen MR) is 164 cm³/mol. The van der Waals surface area contributed by atoms with Crippen LogP contribution in [0.3, 0.4) is 0 Å². The van der Waals surface area contributed by atoms with Gasteiger partial charge in [0, 0.05) is 30.7 Å². The molecule has 0 fully saturated rings. The van der Waals surface area contributed by atoms with Crippen molar-refractivity contribution in [2.24, 2.45) is 0 Å². The predicted octanol–water partition coefficient (Wildman–Crippen LogP) is 6.14. The molecule has 7 nitrogen and oxygen atoms in total. The molecular formula is C32H36N2O5S2. The van der Waals surface area contributed by atoms with Crippen LogP contribution >= 0.6 is 12.2 Å². The van der Waals surface area contributed by atoms with Gasteiger partial charge in [-0.05, 0) is 47.7 Å². The van der Waals surface area contributed by atoms with E-state index < -0.39 is 22.0 Å². The third-order valence-electron chi connectivity index (χ3n) is 7.11. The van der Waals surface area contributed by atoms with Gasteiger partial charge in [-0.2, -0.15) is 4.31 Å². The molecule has 0 saturated carbocycles. The van der Waals surface area contributed by atoms with Gasteiger partial charge in [0.2, 0.25) is 10.0 Å². The summed E-state index contributed by atoms with van der Waals surface area (Å²) >= 11 is 5.79. The molecular weight excluding hydrogens is 556 g/mol. The number of ether oxygens (including phenoxy) is 2. The number of methoxy groups -OCH3 is 1.